The number of rotatable bonds is 4. The summed E-state index contributed by atoms with van der Waals surface area (Å²) in [6.45, 7) is 0.0891. The minimum Gasteiger partial charge on any atom is -0.488 e. The average Bonchev–Trinajstić information content (AvgIpc) is 2.98. The first-order valence-electron chi connectivity index (χ1n) is 8.31. The highest BCUT2D eigenvalue weighted by atomic mass is 35.5. The van der Waals surface area contributed by atoms with Gasteiger partial charge in [-0.15, -0.1) is 0 Å². The summed E-state index contributed by atoms with van der Waals surface area (Å²) in [6.07, 6.45) is 1.77. The molecule has 0 radical (unpaired) electrons. The van der Waals surface area contributed by atoms with Crippen LogP contribution in [0.15, 0.2) is 76.5 Å². The lowest BCUT2D eigenvalue weighted by molar-refractivity contribution is 0.104. The van der Waals surface area contributed by atoms with E-state index in [9.17, 15) is 9.18 Å². The molecule has 0 aromatic heterocycles. The first kappa shape index (κ1) is 17.8. The maximum atomic E-state index is 13.8. The average molecular weight is 397 g/mol. The predicted octanol–water partition coefficient (Wildman–Crippen LogP) is 6.39. The zero-order chi connectivity index (χ0) is 18.8. The lowest BCUT2D eigenvalue weighted by Crippen LogP contribution is -2.00. The van der Waals surface area contributed by atoms with Gasteiger partial charge in [-0.2, -0.15) is 0 Å². The number of Topliss-reactive ketones (excluding diaryl/α,β-unsaturated/α-hetero) is 1. The molecule has 0 N–H and O–H groups in total. The highest BCUT2D eigenvalue weighted by Gasteiger charge is 2.25. The van der Waals surface area contributed by atoms with Gasteiger partial charge in [0.05, 0.1) is 4.91 Å². The topological polar surface area (TPSA) is 26.3 Å². The Labute approximate surface area is 165 Å². The Hall–Kier alpha value is -2.56. The molecule has 1 heterocycles. The third-order valence-corrected chi connectivity index (χ3v) is 5.51. The molecule has 0 atom stereocenters. The van der Waals surface area contributed by atoms with Crippen molar-refractivity contribution in [3.05, 3.63) is 99.2 Å². The van der Waals surface area contributed by atoms with Gasteiger partial charge in [-0.1, -0.05) is 53.7 Å². The van der Waals surface area contributed by atoms with Crippen LogP contribution in [0.5, 0.6) is 5.75 Å². The Morgan fingerprint density at radius 2 is 1.81 bits per heavy atom. The molecule has 2 nitrogen and oxygen atoms in total. The molecule has 1 aliphatic rings. The molecule has 5 heteroatoms. The van der Waals surface area contributed by atoms with Crippen molar-refractivity contribution >= 4 is 35.2 Å². The zero-order valence-corrected chi connectivity index (χ0v) is 15.7. The van der Waals surface area contributed by atoms with E-state index in [0.717, 1.165) is 4.90 Å². The van der Waals surface area contributed by atoms with Gasteiger partial charge in [0, 0.05) is 26.6 Å². The Kier molecular flexibility index (Phi) is 5.01. The molecule has 0 saturated heterocycles. The molecule has 0 spiro atoms. The second-order valence-electron chi connectivity index (χ2n) is 6.00. The number of halogens is 2. The molecule has 4 rings (SSSR count). The van der Waals surface area contributed by atoms with Gasteiger partial charge in [0.25, 0.3) is 0 Å². The van der Waals surface area contributed by atoms with E-state index in [4.69, 9.17) is 16.3 Å². The molecular formula is C22H14ClFO2S. The minimum absolute atomic E-state index is 0.0179. The van der Waals surface area contributed by atoms with Crippen LogP contribution >= 0.6 is 23.4 Å². The molecule has 0 saturated carbocycles. The quantitative estimate of drug-likeness (QED) is 0.478. The lowest BCUT2D eigenvalue weighted by Gasteiger charge is -2.11. The van der Waals surface area contributed by atoms with Crippen molar-refractivity contribution in [1.82, 2.24) is 0 Å². The summed E-state index contributed by atoms with van der Waals surface area (Å²) < 4.78 is 19.6. The molecule has 3 aromatic carbocycles. The van der Waals surface area contributed by atoms with E-state index >= 15 is 0 Å². The fraction of sp³-hybridized carbons (Fsp3) is 0.0455. The van der Waals surface area contributed by atoms with Crippen molar-refractivity contribution in [2.75, 3.05) is 0 Å². The Bertz CT molecular complexity index is 1060. The van der Waals surface area contributed by atoms with Crippen LogP contribution in [0.4, 0.5) is 4.39 Å². The van der Waals surface area contributed by atoms with E-state index in [0.29, 0.717) is 32.4 Å². The van der Waals surface area contributed by atoms with E-state index in [1.165, 1.54) is 17.8 Å². The third kappa shape index (κ3) is 3.77. The van der Waals surface area contributed by atoms with Crippen molar-refractivity contribution in [2.24, 2.45) is 0 Å². The van der Waals surface area contributed by atoms with Crippen LogP contribution in [0.2, 0.25) is 5.02 Å². The second kappa shape index (κ2) is 7.59. The Balaban J connectivity index is 1.63. The van der Waals surface area contributed by atoms with Crippen molar-refractivity contribution in [2.45, 2.75) is 11.5 Å². The van der Waals surface area contributed by atoms with Crippen LogP contribution in [0.3, 0.4) is 0 Å². The van der Waals surface area contributed by atoms with E-state index in [-0.39, 0.29) is 18.2 Å². The number of thioether (sulfide) groups is 1. The molecule has 3 aromatic rings. The molecule has 0 fully saturated rings. The summed E-state index contributed by atoms with van der Waals surface area (Å²) in [4.78, 5) is 14.1. The first-order chi connectivity index (χ1) is 13.1. The number of carbonyl (C=O) groups is 1. The van der Waals surface area contributed by atoms with E-state index in [1.807, 2.05) is 24.3 Å². The number of ketones is 1. The number of fused-ring (bicyclic) bond motifs is 1. The summed E-state index contributed by atoms with van der Waals surface area (Å²) in [5, 5.41) is 0.535. The summed E-state index contributed by atoms with van der Waals surface area (Å²) in [6, 6.07) is 19.1. The van der Waals surface area contributed by atoms with Crippen LogP contribution < -0.4 is 4.74 Å². The SMILES string of the molecule is O=C1/C(=C/c2cc(Cl)ccc2OCc2ccccc2F)Sc2ccccc21. The highest BCUT2D eigenvalue weighted by molar-refractivity contribution is 8.04. The molecule has 0 aliphatic carbocycles. The van der Waals surface area contributed by atoms with Gasteiger partial charge in [0.1, 0.15) is 18.2 Å². The van der Waals surface area contributed by atoms with E-state index < -0.39 is 0 Å². The van der Waals surface area contributed by atoms with Crippen LogP contribution in [0.1, 0.15) is 21.5 Å². The summed E-state index contributed by atoms with van der Waals surface area (Å²) in [5.41, 5.74) is 1.84. The number of benzene rings is 3. The van der Waals surface area contributed by atoms with Crippen LogP contribution in [-0.2, 0) is 6.61 Å². The summed E-state index contributed by atoms with van der Waals surface area (Å²) in [7, 11) is 0. The highest BCUT2D eigenvalue weighted by Crippen LogP contribution is 2.41. The largest absolute Gasteiger partial charge is 0.488 e. The maximum Gasteiger partial charge on any atom is 0.200 e. The van der Waals surface area contributed by atoms with Crippen LogP contribution in [0.25, 0.3) is 6.08 Å². The van der Waals surface area contributed by atoms with Gasteiger partial charge in [-0.3, -0.25) is 4.79 Å². The fourth-order valence-corrected chi connectivity index (χ4v) is 4.03. The number of ether oxygens (including phenoxy) is 1. The van der Waals surface area contributed by atoms with Gasteiger partial charge in [0.15, 0.2) is 0 Å². The second-order valence-corrected chi connectivity index (χ2v) is 7.52. The van der Waals surface area contributed by atoms with Crippen molar-refractivity contribution in [3.63, 3.8) is 0 Å². The van der Waals surface area contributed by atoms with Gasteiger partial charge in [-0.25, -0.2) is 4.39 Å². The maximum absolute atomic E-state index is 13.8. The van der Waals surface area contributed by atoms with Crippen molar-refractivity contribution in [3.8, 4) is 5.75 Å². The minimum atomic E-state index is -0.316. The van der Waals surface area contributed by atoms with Crippen LogP contribution in [0, 0.1) is 5.82 Å². The van der Waals surface area contributed by atoms with Crippen LogP contribution in [-0.4, -0.2) is 5.78 Å². The fourth-order valence-electron chi connectivity index (χ4n) is 2.81. The number of allylic oxidation sites excluding steroid dienone is 1. The number of hydrogen-bond donors (Lipinski definition) is 0. The standard InChI is InChI=1S/C22H14ClFO2S/c23-16-9-10-19(26-13-14-5-1-3-7-18(14)24)15(11-16)12-21-22(25)17-6-2-4-8-20(17)27-21/h1-12H,13H2/b21-12-. The van der Waals surface area contributed by atoms with Crippen molar-refractivity contribution < 1.29 is 13.9 Å². The molecular weight excluding hydrogens is 383 g/mol. The first-order valence-corrected chi connectivity index (χ1v) is 9.50. The molecule has 134 valence electrons. The van der Waals surface area contributed by atoms with E-state index in [2.05, 4.69) is 0 Å². The smallest absolute Gasteiger partial charge is 0.200 e. The molecule has 0 amide bonds. The molecule has 0 unspecified atom stereocenters. The third-order valence-electron chi connectivity index (χ3n) is 4.17. The normalized spacial score (nSPS) is 14.4. The Morgan fingerprint density at radius 1 is 1.04 bits per heavy atom. The van der Waals surface area contributed by atoms with Gasteiger partial charge < -0.3 is 4.74 Å². The number of carbonyl (C=O) groups excluding carboxylic acids is 1. The lowest BCUT2D eigenvalue weighted by atomic mass is 10.1. The number of hydrogen-bond acceptors (Lipinski definition) is 3. The van der Waals surface area contributed by atoms with Gasteiger partial charge in [0.2, 0.25) is 5.78 Å². The van der Waals surface area contributed by atoms with E-state index in [1.54, 1.807) is 42.5 Å². The van der Waals surface area contributed by atoms with Crippen molar-refractivity contribution in [1.29, 1.82) is 0 Å². The molecule has 27 heavy (non-hydrogen) atoms. The molecule has 1 aliphatic heterocycles. The van der Waals surface area contributed by atoms with Gasteiger partial charge in [-0.05, 0) is 42.5 Å². The Morgan fingerprint density at radius 3 is 2.63 bits per heavy atom. The molecule has 0 bridgehead atoms. The predicted molar refractivity (Wildman–Crippen MR) is 107 cm³/mol. The zero-order valence-electron chi connectivity index (χ0n) is 14.1. The summed E-state index contributed by atoms with van der Waals surface area (Å²) >= 11 is 7.56. The monoisotopic (exact) mass is 396 g/mol. The van der Waals surface area contributed by atoms with Gasteiger partial charge >= 0.3 is 0 Å². The summed E-state index contributed by atoms with van der Waals surface area (Å²) in [5.74, 6) is 0.207.